The van der Waals surface area contributed by atoms with E-state index in [-0.39, 0.29) is 5.38 Å². The number of halogens is 2. The second-order valence-electron chi connectivity index (χ2n) is 1.26. The van der Waals surface area contributed by atoms with Crippen LogP contribution in [0.3, 0.4) is 0 Å². The summed E-state index contributed by atoms with van der Waals surface area (Å²) in [5.41, 5.74) is 0. The number of alkyl halides is 1. The fourth-order valence-electron chi connectivity index (χ4n) is 0.207. The van der Waals surface area contributed by atoms with Gasteiger partial charge in [0.05, 0.1) is 12.0 Å². The van der Waals surface area contributed by atoms with Gasteiger partial charge in [-0.25, -0.2) is 0 Å². The number of hydrogen-bond acceptors (Lipinski definition) is 1. The van der Waals surface area contributed by atoms with Crippen LogP contribution in [0.1, 0.15) is 6.92 Å². The van der Waals surface area contributed by atoms with Crippen LogP contribution in [-0.4, -0.2) is 21.1 Å². The molecule has 0 aromatic rings. The molecule has 1 nitrogen and oxygen atoms in total. The predicted molar refractivity (Wildman–Crippen MR) is 35.7 cm³/mol. The molecule has 0 aromatic heterocycles. The minimum absolute atomic E-state index is 0.103. The van der Waals surface area contributed by atoms with E-state index >= 15 is 0 Å². The van der Waals surface area contributed by atoms with E-state index in [4.69, 9.17) is 27.1 Å². The van der Waals surface area contributed by atoms with E-state index in [0.717, 1.165) is 0 Å². The molecule has 1 atom stereocenters. The van der Waals surface area contributed by atoms with E-state index < -0.39 is 9.07 Å². The zero-order valence-corrected chi connectivity index (χ0v) is 7.08. The van der Waals surface area contributed by atoms with Crippen molar-refractivity contribution in [3.05, 3.63) is 0 Å². The summed E-state index contributed by atoms with van der Waals surface area (Å²) < 4.78 is 4.87. The first-order chi connectivity index (χ1) is 3.27. The third-order valence-corrected chi connectivity index (χ3v) is 1.40. The average molecular weight is 159 g/mol. The lowest BCUT2D eigenvalue weighted by molar-refractivity contribution is 0.348. The van der Waals surface area contributed by atoms with Crippen molar-refractivity contribution in [1.29, 1.82) is 0 Å². The Labute approximate surface area is 55.6 Å². The van der Waals surface area contributed by atoms with Crippen molar-refractivity contribution >= 4 is 31.8 Å². The van der Waals surface area contributed by atoms with Crippen LogP contribution in [0.5, 0.6) is 0 Å². The van der Waals surface area contributed by atoms with Crippen LogP contribution in [0.4, 0.5) is 0 Å². The highest BCUT2D eigenvalue weighted by molar-refractivity contribution is 6.89. The average Bonchev–Trinajstić information content (AvgIpc) is 1.61. The molecule has 0 aromatic carbocycles. The maximum Gasteiger partial charge on any atom is 0.258 e. The molecule has 0 spiro atoms. The van der Waals surface area contributed by atoms with Crippen molar-refractivity contribution in [2.45, 2.75) is 12.3 Å². The molecule has 0 heterocycles. The van der Waals surface area contributed by atoms with E-state index in [1.807, 2.05) is 6.92 Å². The highest BCUT2D eigenvalue weighted by Crippen LogP contribution is 1.92. The van der Waals surface area contributed by atoms with Gasteiger partial charge in [-0.15, -0.1) is 22.7 Å². The van der Waals surface area contributed by atoms with Gasteiger partial charge in [0.1, 0.15) is 0 Å². The van der Waals surface area contributed by atoms with Crippen molar-refractivity contribution < 1.29 is 4.43 Å². The lowest BCUT2D eigenvalue weighted by atomic mass is 10.5. The number of hydrogen-bond donors (Lipinski definition) is 0. The van der Waals surface area contributed by atoms with Crippen LogP contribution in [0.25, 0.3) is 0 Å². The van der Waals surface area contributed by atoms with Gasteiger partial charge in [-0.05, 0) is 6.92 Å². The van der Waals surface area contributed by atoms with Crippen molar-refractivity contribution in [1.82, 2.24) is 0 Å². The first-order valence-electron chi connectivity index (χ1n) is 2.05. The second-order valence-corrected chi connectivity index (χ2v) is 3.29. The Morgan fingerprint density at radius 1 is 1.86 bits per heavy atom. The topological polar surface area (TPSA) is 9.23 Å². The fourth-order valence-corrected chi connectivity index (χ4v) is 1.16. The lowest BCUT2D eigenvalue weighted by Gasteiger charge is -1.98. The van der Waals surface area contributed by atoms with Crippen LogP contribution in [0.15, 0.2) is 0 Å². The molecule has 0 saturated heterocycles. The molecule has 0 saturated carbocycles. The molecule has 0 fully saturated rings. The SMILES string of the molecule is CC(Cl)CO[SiH2]Cl. The summed E-state index contributed by atoms with van der Waals surface area (Å²) in [6, 6.07) is 0. The van der Waals surface area contributed by atoms with Gasteiger partial charge < -0.3 is 4.43 Å². The Balaban J connectivity index is 2.68. The third-order valence-electron chi connectivity index (χ3n) is 0.425. The quantitative estimate of drug-likeness (QED) is 0.337. The Morgan fingerprint density at radius 3 is 2.57 bits per heavy atom. The summed E-state index contributed by atoms with van der Waals surface area (Å²) in [4.78, 5) is 0. The van der Waals surface area contributed by atoms with E-state index in [0.29, 0.717) is 6.61 Å². The van der Waals surface area contributed by atoms with Crippen LogP contribution in [0.2, 0.25) is 0 Å². The molecule has 4 heteroatoms. The van der Waals surface area contributed by atoms with Crippen LogP contribution >= 0.6 is 22.7 Å². The molecule has 0 aliphatic heterocycles. The molecule has 44 valence electrons. The molecule has 0 radical (unpaired) electrons. The first kappa shape index (κ1) is 7.76. The summed E-state index contributed by atoms with van der Waals surface area (Å²) >= 11 is 10.8. The van der Waals surface area contributed by atoms with E-state index in [2.05, 4.69) is 0 Å². The van der Waals surface area contributed by atoms with Gasteiger partial charge in [-0.3, -0.25) is 0 Å². The minimum Gasteiger partial charge on any atom is -0.406 e. The smallest absolute Gasteiger partial charge is 0.258 e. The van der Waals surface area contributed by atoms with Gasteiger partial charge in [0, 0.05) is 0 Å². The molecule has 0 bridgehead atoms. The minimum atomic E-state index is -0.741. The van der Waals surface area contributed by atoms with Crippen molar-refractivity contribution in [3.63, 3.8) is 0 Å². The number of rotatable bonds is 3. The van der Waals surface area contributed by atoms with Gasteiger partial charge in [0.15, 0.2) is 0 Å². The summed E-state index contributed by atoms with van der Waals surface area (Å²) in [5, 5.41) is 0.103. The van der Waals surface area contributed by atoms with E-state index in [1.54, 1.807) is 0 Å². The molecule has 0 aliphatic rings. The molecule has 0 aliphatic carbocycles. The van der Waals surface area contributed by atoms with Crippen molar-refractivity contribution in [2.75, 3.05) is 6.61 Å². The molecule has 7 heavy (non-hydrogen) atoms. The standard InChI is InChI=1S/C3H8Cl2OSi/c1-3(4)2-6-7-5/h3H,2,7H2,1H3. The van der Waals surface area contributed by atoms with Gasteiger partial charge in [-0.1, -0.05) is 0 Å². The maximum absolute atomic E-state index is 5.50. The lowest BCUT2D eigenvalue weighted by Crippen LogP contribution is -2.04. The van der Waals surface area contributed by atoms with Crippen molar-refractivity contribution in [2.24, 2.45) is 0 Å². The van der Waals surface area contributed by atoms with Crippen LogP contribution in [0, 0.1) is 0 Å². The monoisotopic (exact) mass is 158 g/mol. The first-order valence-corrected chi connectivity index (χ1v) is 5.20. The van der Waals surface area contributed by atoms with Crippen LogP contribution in [-0.2, 0) is 4.43 Å². The molecule has 0 N–H and O–H groups in total. The summed E-state index contributed by atoms with van der Waals surface area (Å²) in [7, 11) is -0.741. The highest BCUT2D eigenvalue weighted by Gasteiger charge is 1.91. The Morgan fingerprint density at radius 2 is 2.43 bits per heavy atom. The fraction of sp³-hybridized carbons (Fsp3) is 1.00. The Hall–Kier alpha value is 0.757. The van der Waals surface area contributed by atoms with E-state index in [1.165, 1.54) is 0 Å². The zero-order chi connectivity index (χ0) is 5.70. The zero-order valence-electron chi connectivity index (χ0n) is 4.16. The van der Waals surface area contributed by atoms with Crippen molar-refractivity contribution in [3.8, 4) is 0 Å². The molecule has 0 rings (SSSR count). The largest absolute Gasteiger partial charge is 0.406 e. The Bertz CT molecular complexity index is 41.9. The van der Waals surface area contributed by atoms with E-state index in [9.17, 15) is 0 Å². The van der Waals surface area contributed by atoms with Gasteiger partial charge in [0.25, 0.3) is 9.07 Å². The van der Waals surface area contributed by atoms with Crippen LogP contribution < -0.4 is 0 Å². The normalized spacial score (nSPS) is 15.9. The Kier molecular flexibility index (Phi) is 5.44. The summed E-state index contributed by atoms with van der Waals surface area (Å²) in [6.45, 7) is 2.47. The molecule has 1 unspecified atom stereocenters. The molecular formula is C3H8Cl2OSi. The summed E-state index contributed by atoms with van der Waals surface area (Å²) in [5.74, 6) is 0. The summed E-state index contributed by atoms with van der Waals surface area (Å²) in [6.07, 6.45) is 0. The molecule has 0 amide bonds. The second kappa shape index (κ2) is 4.90. The maximum atomic E-state index is 5.50. The molecular weight excluding hydrogens is 151 g/mol. The highest BCUT2D eigenvalue weighted by atomic mass is 35.6. The van der Waals surface area contributed by atoms with Gasteiger partial charge in [-0.2, -0.15) is 0 Å². The third kappa shape index (κ3) is 6.76. The van der Waals surface area contributed by atoms with Gasteiger partial charge >= 0.3 is 0 Å². The van der Waals surface area contributed by atoms with Gasteiger partial charge in [0.2, 0.25) is 0 Å². The predicted octanol–water partition coefficient (Wildman–Crippen LogP) is 0.868.